The molecule has 3 aromatic carbocycles. The van der Waals surface area contributed by atoms with Gasteiger partial charge in [-0.2, -0.15) is 0 Å². The number of hydrogen-bond acceptors (Lipinski definition) is 1. The van der Waals surface area contributed by atoms with Crippen molar-refractivity contribution >= 4 is 39.3 Å². The van der Waals surface area contributed by atoms with Crippen molar-refractivity contribution in [1.29, 1.82) is 0 Å². The minimum absolute atomic E-state index is 0.107. The maximum Gasteiger partial charge on any atom is 0.251 e. The molecule has 27 heavy (non-hydrogen) atoms. The van der Waals surface area contributed by atoms with Crippen LogP contribution in [0.2, 0.25) is 5.02 Å². The lowest BCUT2D eigenvalue weighted by Gasteiger charge is -2.15. The molecule has 0 aliphatic heterocycles. The van der Waals surface area contributed by atoms with Gasteiger partial charge in [-0.15, -0.1) is 0 Å². The van der Waals surface area contributed by atoms with E-state index in [2.05, 4.69) is 59.3 Å². The number of rotatable bonds is 4. The van der Waals surface area contributed by atoms with Gasteiger partial charge in [-0.05, 0) is 55.8 Å². The number of aromatic nitrogens is 1. The number of amides is 1. The second-order valence-electron chi connectivity index (χ2n) is 6.74. The highest BCUT2D eigenvalue weighted by molar-refractivity contribution is 6.31. The fourth-order valence-corrected chi connectivity index (χ4v) is 3.86. The number of nitrogens with zero attached hydrogens (tertiary/aromatic N) is 1. The van der Waals surface area contributed by atoms with E-state index in [1.165, 1.54) is 21.8 Å². The highest BCUT2D eigenvalue weighted by Crippen LogP contribution is 2.31. The third-order valence-corrected chi connectivity index (χ3v) is 5.28. The van der Waals surface area contributed by atoms with Gasteiger partial charge < -0.3 is 9.88 Å². The summed E-state index contributed by atoms with van der Waals surface area (Å²) in [7, 11) is 0. The molecule has 0 radical (unpaired) electrons. The van der Waals surface area contributed by atoms with Crippen LogP contribution in [-0.2, 0) is 6.54 Å². The normalized spacial score (nSPS) is 12.4. The van der Waals surface area contributed by atoms with Crippen LogP contribution >= 0.6 is 11.6 Å². The van der Waals surface area contributed by atoms with Crippen LogP contribution < -0.4 is 5.32 Å². The highest BCUT2D eigenvalue weighted by Gasteiger charge is 2.15. The van der Waals surface area contributed by atoms with E-state index in [9.17, 15) is 4.79 Å². The first-order valence-electron chi connectivity index (χ1n) is 9.16. The molecule has 4 heteroatoms. The van der Waals surface area contributed by atoms with E-state index in [-0.39, 0.29) is 11.9 Å². The van der Waals surface area contributed by atoms with Gasteiger partial charge in [0.2, 0.25) is 0 Å². The zero-order valence-electron chi connectivity index (χ0n) is 15.4. The summed E-state index contributed by atoms with van der Waals surface area (Å²) in [5, 5.41) is 6.09. The van der Waals surface area contributed by atoms with Crippen LogP contribution in [-0.4, -0.2) is 10.5 Å². The van der Waals surface area contributed by atoms with Gasteiger partial charge in [0.05, 0.1) is 6.04 Å². The Labute approximate surface area is 163 Å². The Morgan fingerprint density at radius 3 is 2.56 bits per heavy atom. The van der Waals surface area contributed by atoms with Crippen molar-refractivity contribution in [3.63, 3.8) is 0 Å². The van der Waals surface area contributed by atoms with Crippen molar-refractivity contribution in [2.24, 2.45) is 0 Å². The second kappa shape index (κ2) is 7.09. The molecule has 0 saturated heterocycles. The Morgan fingerprint density at radius 1 is 1.00 bits per heavy atom. The fourth-order valence-electron chi connectivity index (χ4n) is 3.67. The number of aryl methyl sites for hydroxylation is 1. The third-order valence-electron chi connectivity index (χ3n) is 5.05. The van der Waals surface area contributed by atoms with Gasteiger partial charge in [0.25, 0.3) is 5.91 Å². The summed E-state index contributed by atoms with van der Waals surface area (Å²) in [5.41, 5.74) is 4.11. The quantitative estimate of drug-likeness (QED) is 0.468. The van der Waals surface area contributed by atoms with E-state index >= 15 is 0 Å². The molecule has 1 amide bonds. The first-order valence-corrected chi connectivity index (χ1v) is 9.53. The van der Waals surface area contributed by atoms with Crippen LogP contribution in [0.5, 0.6) is 0 Å². The predicted octanol–water partition coefficient (Wildman–Crippen LogP) is 5.96. The Kier molecular flexibility index (Phi) is 4.63. The van der Waals surface area contributed by atoms with Gasteiger partial charge >= 0.3 is 0 Å². The van der Waals surface area contributed by atoms with Crippen molar-refractivity contribution in [3.05, 3.63) is 82.9 Å². The molecule has 0 aliphatic carbocycles. The second-order valence-corrected chi connectivity index (χ2v) is 7.18. The Hall–Kier alpha value is -2.78. The van der Waals surface area contributed by atoms with Crippen LogP contribution in [0.3, 0.4) is 0 Å². The predicted molar refractivity (Wildman–Crippen MR) is 112 cm³/mol. The molecule has 4 aromatic rings. The first kappa shape index (κ1) is 17.6. The average molecular weight is 377 g/mol. The highest BCUT2D eigenvalue weighted by atomic mass is 35.5. The summed E-state index contributed by atoms with van der Waals surface area (Å²) in [5.74, 6) is -0.124. The SMILES string of the molecule is CCn1c2ccccc2c2cc([C@@H](C)NC(=O)c3cccc(Cl)c3)ccc21. The maximum absolute atomic E-state index is 12.5. The summed E-state index contributed by atoms with van der Waals surface area (Å²) in [4.78, 5) is 12.5. The standard InChI is InChI=1S/C23H21ClN2O/c1-3-26-21-10-5-4-9-19(21)20-14-16(11-12-22(20)26)15(2)25-23(27)17-7-6-8-18(24)13-17/h4-15H,3H2,1-2H3,(H,25,27)/t15-/m1/s1. The summed E-state index contributed by atoms with van der Waals surface area (Å²) in [6, 6.07) is 21.8. The average Bonchev–Trinajstić information content (AvgIpc) is 3.01. The lowest BCUT2D eigenvalue weighted by molar-refractivity contribution is 0.0940. The molecular weight excluding hydrogens is 356 g/mol. The van der Waals surface area contributed by atoms with Crippen LogP contribution in [0.15, 0.2) is 66.7 Å². The molecule has 1 N–H and O–H groups in total. The Bertz CT molecular complexity index is 1150. The molecule has 0 fully saturated rings. The zero-order valence-corrected chi connectivity index (χ0v) is 16.1. The molecule has 0 bridgehead atoms. The lowest BCUT2D eigenvalue weighted by Crippen LogP contribution is -2.26. The first-order chi connectivity index (χ1) is 13.1. The summed E-state index contributed by atoms with van der Waals surface area (Å²) < 4.78 is 2.32. The molecule has 0 unspecified atom stereocenters. The molecule has 1 aromatic heterocycles. The van der Waals surface area contributed by atoms with Crippen molar-refractivity contribution in [1.82, 2.24) is 9.88 Å². The fraction of sp³-hybridized carbons (Fsp3) is 0.174. The van der Waals surface area contributed by atoms with E-state index in [1.54, 1.807) is 24.3 Å². The minimum atomic E-state index is -0.124. The molecule has 1 heterocycles. The Morgan fingerprint density at radius 2 is 1.78 bits per heavy atom. The van der Waals surface area contributed by atoms with Gasteiger partial charge in [-0.25, -0.2) is 0 Å². The van der Waals surface area contributed by atoms with Crippen LogP contribution in [0.1, 0.15) is 35.8 Å². The third kappa shape index (κ3) is 3.19. The van der Waals surface area contributed by atoms with Crippen molar-refractivity contribution in [2.45, 2.75) is 26.4 Å². The minimum Gasteiger partial charge on any atom is -0.346 e. The molecular formula is C23H21ClN2O. The van der Waals surface area contributed by atoms with Crippen LogP contribution in [0.4, 0.5) is 0 Å². The maximum atomic E-state index is 12.5. The van der Waals surface area contributed by atoms with Crippen LogP contribution in [0, 0.1) is 0 Å². The zero-order chi connectivity index (χ0) is 19.0. The van der Waals surface area contributed by atoms with Gasteiger partial charge in [-0.1, -0.05) is 41.9 Å². The van der Waals surface area contributed by atoms with Crippen LogP contribution in [0.25, 0.3) is 21.8 Å². The van der Waals surface area contributed by atoms with Crippen molar-refractivity contribution < 1.29 is 4.79 Å². The number of carbonyl (C=O) groups excluding carboxylic acids is 1. The van der Waals surface area contributed by atoms with E-state index < -0.39 is 0 Å². The molecule has 1 atom stereocenters. The van der Waals surface area contributed by atoms with Gasteiger partial charge in [-0.3, -0.25) is 4.79 Å². The number of nitrogens with one attached hydrogen (secondary N) is 1. The molecule has 4 rings (SSSR count). The monoisotopic (exact) mass is 376 g/mol. The van der Waals surface area contributed by atoms with Gasteiger partial charge in [0.1, 0.15) is 0 Å². The van der Waals surface area contributed by atoms with Crippen molar-refractivity contribution in [2.75, 3.05) is 0 Å². The number of benzene rings is 3. The van der Waals surface area contributed by atoms with E-state index in [0.29, 0.717) is 10.6 Å². The van der Waals surface area contributed by atoms with E-state index in [0.717, 1.165) is 12.1 Å². The van der Waals surface area contributed by atoms with Gasteiger partial charge in [0.15, 0.2) is 0 Å². The molecule has 3 nitrogen and oxygen atoms in total. The molecule has 0 saturated carbocycles. The summed E-state index contributed by atoms with van der Waals surface area (Å²) in [6.07, 6.45) is 0. The summed E-state index contributed by atoms with van der Waals surface area (Å²) in [6.45, 7) is 5.08. The van der Waals surface area contributed by atoms with Crippen molar-refractivity contribution in [3.8, 4) is 0 Å². The topological polar surface area (TPSA) is 34.0 Å². The number of para-hydroxylation sites is 1. The van der Waals surface area contributed by atoms with E-state index in [4.69, 9.17) is 11.6 Å². The largest absolute Gasteiger partial charge is 0.346 e. The number of carbonyl (C=O) groups is 1. The number of hydrogen-bond donors (Lipinski definition) is 1. The summed E-state index contributed by atoms with van der Waals surface area (Å²) >= 11 is 6.00. The molecule has 0 aliphatic rings. The molecule has 0 spiro atoms. The smallest absolute Gasteiger partial charge is 0.251 e. The Balaban J connectivity index is 1.69. The number of fused-ring (bicyclic) bond motifs is 3. The van der Waals surface area contributed by atoms with Gasteiger partial charge in [0, 0.05) is 38.9 Å². The van der Waals surface area contributed by atoms with E-state index in [1.807, 2.05) is 6.92 Å². The number of halogens is 1. The lowest BCUT2D eigenvalue weighted by atomic mass is 10.0. The molecule has 136 valence electrons.